The molecule has 4 rings (SSSR count). The van der Waals surface area contributed by atoms with Crippen LogP contribution in [-0.2, 0) is 16.1 Å². The molecule has 0 atom stereocenters. The van der Waals surface area contributed by atoms with Gasteiger partial charge in [0.25, 0.3) is 5.56 Å². The van der Waals surface area contributed by atoms with E-state index in [1.54, 1.807) is 68.6 Å². The fourth-order valence-electron chi connectivity index (χ4n) is 3.72. The molecule has 4 aromatic rings. The third-order valence-electron chi connectivity index (χ3n) is 5.45. The van der Waals surface area contributed by atoms with E-state index in [0.717, 1.165) is 4.57 Å². The van der Waals surface area contributed by atoms with Crippen LogP contribution in [0.1, 0.15) is 16.1 Å². The maximum absolute atomic E-state index is 13.6. The highest BCUT2D eigenvalue weighted by molar-refractivity contribution is 6.02. The fraction of sp³-hybridized carbons (Fsp3) is 0.160. The van der Waals surface area contributed by atoms with E-state index in [2.05, 4.69) is 4.98 Å². The summed E-state index contributed by atoms with van der Waals surface area (Å²) in [5, 5.41) is -0.101. The van der Waals surface area contributed by atoms with Crippen LogP contribution in [0.3, 0.4) is 0 Å². The average Bonchev–Trinajstić information content (AvgIpc) is 2.86. The molecule has 0 bridgehead atoms. The first-order chi connectivity index (χ1) is 16.3. The van der Waals surface area contributed by atoms with Gasteiger partial charge in [-0.15, -0.1) is 0 Å². The number of hydrogen-bond acceptors (Lipinski definition) is 6. The molecule has 2 aromatic heterocycles. The van der Waals surface area contributed by atoms with Crippen molar-refractivity contribution in [2.24, 2.45) is 0 Å². The number of nitrogens with zero attached hydrogens (tertiary/aromatic N) is 4. The molecule has 0 saturated carbocycles. The first kappa shape index (κ1) is 22.7. The lowest BCUT2D eigenvalue weighted by atomic mass is 10.1. The number of hydrogen-bond donors (Lipinski definition) is 0. The Balaban J connectivity index is 2.00. The zero-order valence-corrected chi connectivity index (χ0v) is 18.9. The number of methoxy groups -OCH3 is 1. The number of carbonyl (C=O) groups is 2. The highest BCUT2D eigenvalue weighted by atomic mass is 16.5. The third kappa shape index (κ3) is 3.99. The molecule has 0 aliphatic carbocycles. The lowest BCUT2D eigenvalue weighted by molar-refractivity contribution is -0.119. The number of para-hydroxylation sites is 2. The smallest absolute Gasteiger partial charge is 0.338 e. The second kappa shape index (κ2) is 9.14. The van der Waals surface area contributed by atoms with Gasteiger partial charge in [0, 0.05) is 18.4 Å². The second-order valence-corrected chi connectivity index (χ2v) is 7.63. The van der Waals surface area contributed by atoms with Crippen LogP contribution in [0.5, 0.6) is 0 Å². The number of amides is 1. The zero-order chi connectivity index (χ0) is 24.4. The van der Waals surface area contributed by atoms with Gasteiger partial charge in [-0.1, -0.05) is 36.4 Å². The first-order valence-corrected chi connectivity index (χ1v) is 10.5. The Morgan fingerprint density at radius 3 is 2.24 bits per heavy atom. The average molecular weight is 458 g/mol. The van der Waals surface area contributed by atoms with Crippen molar-refractivity contribution in [1.82, 2.24) is 14.1 Å². The van der Waals surface area contributed by atoms with Crippen LogP contribution in [0, 0.1) is 6.92 Å². The summed E-state index contributed by atoms with van der Waals surface area (Å²) in [6.07, 6.45) is 0. The Labute approximate surface area is 194 Å². The van der Waals surface area contributed by atoms with E-state index < -0.39 is 29.7 Å². The number of rotatable bonds is 5. The zero-order valence-electron chi connectivity index (χ0n) is 18.9. The molecule has 0 radical (unpaired) electrons. The number of esters is 1. The predicted molar refractivity (Wildman–Crippen MR) is 128 cm³/mol. The van der Waals surface area contributed by atoms with E-state index in [-0.39, 0.29) is 16.6 Å². The van der Waals surface area contributed by atoms with Crippen LogP contribution >= 0.6 is 0 Å². The molecule has 0 saturated heterocycles. The number of carbonyl (C=O) groups excluding carboxylic acids is 2. The van der Waals surface area contributed by atoms with E-state index in [0.29, 0.717) is 17.1 Å². The van der Waals surface area contributed by atoms with Gasteiger partial charge in [0.15, 0.2) is 5.65 Å². The summed E-state index contributed by atoms with van der Waals surface area (Å²) in [5.41, 5.74) is -0.0864. The Kier molecular flexibility index (Phi) is 6.09. The molecule has 0 aliphatic heterocycles. The molecule has 0 unspecified atom stereocenters. The lowest BCUT2D eigenvalue weighted by Crippen LogP contribution is -2.44. The quantitative estimate of drug-likeness (QED) is 0.425. The Morgan fingerprint density at radius 1 is 1.00 bits per heavy atom. The van der Waals surface area contributed by atoms with Gasteiger partial charge < -0.3 is 9.64 Å². The predicted octanol–water partition coefficient (Wildman–Crippen LogP) is 2.31. The third-order valence-corrected chi connectivity index (χ3v) is 5.45. The van der Waals surface area contributed by atoms with Gasteiger partial charge in [0.05, 0.1) is 23.7 Å². The number of pyridine rings is 1. The van der Waals surface area contributed by atoms with Crippen LogP contribution in [0.25, 0.3) is 16.7 Å². The number of aromatic nitrogens is 3. The Hall–Kier alpha value is -4.53. The van der Waals surface area contributed by atoms with Gasteiger partial charge in [-0.25, -0.2) is 23.7 Å². The standard InChI is InChI=1S/C25H22N4O5/c1-16-14-19(24(32)34-3)21-22(26-16)29(18-12-8-5-9-13-18)25(33)28(23(21)31)15-20(30)27(2)17-10-6-4-7-11-17/h4-14H,15H2,1-3H3. The number of fused-ring (bicyclic) bond motifs is 1. The van der Waals surface area contributed by atoms with Crippen LogP contribution in [-0.4, -0.2) is 40.2 Å². The van der Waals surface area contributed by atoms with Crippen molar-refractivity contribution in [3.63, 3.8) is 0 Å². The summed E-state index contributed by atoms with van der Waals surface area (Å²) < 4.78 is 6.92. The largest absolute Gasteiger partial charge is 0.465 e. The topological polar surface area (TPSA) is 104 Å². The molecular formula is C25H22N4O5. The van der Waals surface area contributed by atoms with Gasteiger partial charge in [0.2, 0.25) is 5.91 Å². The normalized spacial score (nSPS) is 10.8. The van der Waals surface area contributed by atoms with E-state index in [4.69, 9.17) is 4.74 Å². The van der Waals surface area contributed by atoms with Gasteiger partial charge in [0.1, 0.15) is 6.54 Å². The monoisotopic (exact) mass is 458 g/mol. The summed E-state index contributed by atoms with van der Waals surface area (Å²) in [5.74, 6) is -1.23. The highest BCUT2D eigenvalue weighted by Gasteiger charge is 2.24. The maximum atomic E-state index is 13.6. The van der Waals surface area contributed by atoms with E-state index >= 15 is 0 Å². The van der Waals surface area contributed by atoms with Crippen LogP contribution in [0.15, 0.2) is 76.3 Å². The summed E-state index contributed by atoms with van der Waals surface area (Å²) in [6.45, 7) is 1.12. The minimum absolute atomic E-state index is 0.0155. The van der Waals surface area contributed by atoms with Gasteiger partial charge in [-0.3, -0.25) is 9.59 Å². The molecule has 172 valence electrons. The number of ether oxygens (including phenoxy) is 1. The van der Waals surface area contributed by atoms with E-state index in [1.807, 2.05) is 6.07 Å². The molecule has 2 heterocycles. The van der Waals surface area contributed by atoms with Gasteiger partial charge in [-0.2, -0.15) is 0 Å². The van der Waals surface area contributed by atoms with E-state index in [9.17, 15) is 19.2 Å². The van der Waals surface area contributed by atoms with Gasteiger partial charge in [-0.05, 0) is 37.3 Å². The summed E-state index contributed by atoms with van der Waals surface area (Å²) >= 11 is 0. The Bertz CT molecular complexity index is 1510. The fourth-order valence-corrected chi connectivity index (χ4v) is 3.72. The minimum Gasteiger partial charge on any atom is -0.465 e. The minimum atomic E-state index is -0.796. The molecular weight excluding hydrogens is 436 g/mol. The highest BCUT2D eigenvalue weighted by Crippen LogP contribution is 2.18. The summed E-state index contributed by atoms with van der Waals surface area (Å²) in [7, 11) is 2.76. The molecule has 1 amide bonds. The van der Waals surface area contributed by atoms with Crippen molar-refractivity contribution in [2.75, 3.05) is 19.1 Å². The molecule has 9 nitrogen and oxygen atoms in total. The van der Waals surface area contributed by atoms with Crippen molar-refractivity contribution < 1.29 is 14.3 Å². The lowest BCUT2D eigenvalue weighted by Gasteiger charge is -2.19. The molecule has 9 heteroatoms. The second-order valence-electron chi connectivity index (χ2n) is 7.63. The van der Waals surface area contributed by atoms with Crippen molar-refractivity contribution in [2.45, 2.75) is 13.5 Å². The van der Waals surface area contributed by atoms with Crippen molar-refractivity contribution >= 4 is 28.6 Å². The van der Waals surface area contributed by atoms with Crippen LogP contribution < -0.4 is 16.1 Å². The SMILES string of the molecule is COC(=O)c1cc(C)nc2c1c(=O)n(CC(=O)N(C)c1ccccc1)c(=O)n2-c1ccccc1. The molecule has 0 fully saturated rings. The van der Waals surface area contributed by atoms with Crippen molar-refractivity contribution in [3.05, 3.63) is 98.8 Å². The number of benzene rings is 2. The van der Waals surface area contributed by atoms with Crippen molar-refractivity contribution in [3.8, 4) is 5.69 Å². The first-order valence-electron chi connectivity index (χ1n) is 10.5. The van der Waals surface area contributed by atoms with Crippen LogP contribution in [0.4, 0.5) is 5.69 Å². The van der Waals surface area contributed by atoms with Crippen molar-refractivity contribution in [1.29, 1.82) is 0 Å². The molecule has 0 N–H and O–H groups in total. The maximum Gasteiger partial charge on any atom is 0.338 e. The number of likely N-dealkylation sites (N-methyl/N-ethyl adjacent to an activating group) is 1. The molecule has 34 heavy (non-hydrogen) atoms. The Morgan fingerprint density at radius 2 is 1.62 bits per heavy atom. The molecule has 0 spiro atoms. The summed E-state index contributed by atoms with van der Waals surface area (Å²) in [4.78, 5) is 58.4. The number of aryl methyl sites for hydroxylation is 1. The number of anilines is 1. The molecule has 0 aliphatic rings. The van der Waals surface area contributed by atoms with Gasteiger partial charge >= 0.3 is 11.7 Å². The summed E-state index contributed by atoms with van der Waals surface area (Å²) in [6, 6.07) is 18.9. The van der Waals surface area contributed by atoms with E-state index in [1.165, 1.54) is 22.6 Å². The van der Waals surface area contributed by atoms with Crippen LogP contribution in [0.2, 0.25) is 0 Å². The molecule has 2 aromatic carbocycles.